The fourth-order valence-corrected chi connectivity index (χ4v) is 4.74. The molecule has 0 aromatic rings. The van der Waals surface area contributed by atoms with Gasteiger partial charge in [-0.3, -0.25) is 0 Å². The number of ether oxygens (including phenoxy) is 1. The van der Waals surface area contributed by atoms with Crippen LogP contribution in [0, 0.1) is 17.8 Å². The van der Waals surface area contributed by atoms with Crippen molar-refractivity contribution in [2.75, 3.05) is 0 Å². The van der Waals surface area contributed by atoms with E-state index in [1.165, 1.54) is 0 Å². The average molecular weight is 252 g/mol. The third-order valence-corrected chi connectivity index (χ3v) is 5.92. The number of aliphatic hydroxyl groups excluding tert-OH is 2. The van der Waals surface area contributed by atoms with Crippen molar-refractivity contribution in [1.82, 2.24) is 0 Å². The van der Waals surface area contributed by atoms with Crippen molar-refractivity contribution < 1.29 is 14.9 Å². The van der Waals surface area contributed by atoms with Gasteiger partial charge in [-0.15, -0.1) is 0 Å². The Morgan fingerprint density at radius 1 is 1.33 bits per heavy atom. The molecule has 0 spiro atoms. The van der Waals surface area contributed by atoms with Crippen molar-refractivity contribution in [1.29, 1.82) is 0 Å². The summed E-state index contributed by atoms with van der Waals surface area (Å²) in [6.07, 6.45) is 1.62. The van der Waals surface area contributed by atoms with Gasteiger partial charge in [-0.2, -0.15) is 0 Å². The molecular formula is C15H24O3. The molecule has 3 heteroatoms. The van der Waals surface area contributed by atoms with Crippen molar-refractivity contribution in [2.24, 2.45) is 17.8 Å². The molecule has 2 N–H and O–H groups in total. The molecule has 3 aliphatic rings. The van der Waals surface area contributed by atoms with Crippen LogP contribution in [-0.4, -0.2) is 33.6 Å². The minimum absolute atomic E-state index is 0.234. The van der Waals surface area contributed by atoms with E-state index >= 15 is 0 Å². The van der Waals surface area contributed by atoms with Gasteiger partial charge >= 0.3 is 0 Å². The summed E-state index contributed by atoms with van der Waals surface area (Å²) in [4.78, 5) is 0. The fourth-order valence-electron chi connectivity index (χ4n) is 4.74. The Hall–Kier alpha value is -0.380. The van der Waals surface area contributed by atoms with E-state index in [4.69, 9.17) is 4.74 Å². The number of hydrogen-bond acceptors (Lipinski definition) is 3. The van der Waals surface area contributed by atoms with Gasteiger partial charge in [0.15, 0.2) is 0 Å². The highest BCUT2D eigenvalue weighted by molar-refractivity contribution is 5.27. The smallest absolute Gasteiger partial charge is 0.118 e. The molecule has 0 aromatic heterocycles. The van der Waals surface area contributed by atoms with Gasteiger partial charge in [0.2, 0.25) is 0 Å². The van der Waals surface area contributed by atoms with E-state index in [2.05, 4.69) is 13.5 Å². The molecule has 0 aromatic carbocycles. The van der Waals surface area contributed by atoms with Gasteiger partial charge in [-0.1, -0.05) is 13.5 Å². The molecular weight excluding hydrogens is 228 g/mol. The van der Waals surface area contributed by atoms with Crippen molar-refractivity contribution >= 4 is 0 Å². The molecule has 18 heavy (non-hydrogen) atoms. The molecule has 3 fully saturated rings. The average Bonchev–Trinajstić information content (AvgIpc) is 2.77. The Morgan fingerprint density at radius 3 is 2.61 bits per heavy atom. The molecule has 1 aliphatic carbocycles. The van der Waals surface area contributed by atoms with Crippen LogP contribution in [0.5, 0.6) is 0 Å². The van der Waals surface area contributed by atoms with Crippen LogP contribution in [0.25, 0.3) is 0 Å². The van der Waals surface area contributed by atoms with Crippen LogP contribution >= 0.6 is 0 Å². The first kappa shape index (κ1) is 12.6. The van der Waals surface area contributed by atoms with Crippen molar-refractivity contribution in [3.63, 3.8) is 0 Å². The Morgan fingerprint density at radius 2 is 2.00 bits per heavy atom. The molecule has 2 bridgehead atoms. The van der Waals surface area contributed by atoms with E-state index in [0.717, 1.165) is 18.4 Å². The first-order valence-corrected chi connectivity index (χ1v) is 7.05. The molecule has 3 rings (SSSR count). The second kappa shape index (κ2) is 3.59. The zero-order valence-electron chi connectivity index (χ0n) is 11.5. The van der Waals surface area contributed by atoms with Crippen LogP contribution in [0.2, 0.25) is 0 Å². The summed E-state index contributed by atoms with van der Waals surface area (Å²) in [6.45, 7) is 10.1. The van der Waals surface area contributed by atoms with Gasteiger partial charge in [-0.05, 0) is 50.0 Å². The molecule has 0 unspecified atom stereocenters. The maximum absolute atomic E-state index is 10.8. The molecule has 102 valence electrons. The van der Waals surface area contributed by atoms with Crippen LogP contribution in [0.15, 0.2) is 12.2 Å². The molecule has 1 saturated carbocycles. The summed E-state index contributed by atoms with van der Waals surface area (Å²) in [7, 11) is 0. The second-order valence-electron chi connectivity index (χ2n) is 6.86. The summed E-state index contributed by atoms with van der Waals surface area (Å²) in [6, 6.07) is 0. The van der Waals surface area contributed by atoms with Gasteiger partial charge in [0, 0.05) is 6.42 Å². The number of fused-ring (bicyclic) bond motifs is 4. The van der Waals surface area contributed by atoms with Crippen LogP contribution in [-0.2, 0) is 4.74 Å². The summed E-state index contributed by atoms with van der Waals surface area (Å²) >= 11 is 0. The second-order valence-corrected chi connectivity index (χ2v) is 6.86. The molecule has 2 aliphatic heterocycles. The lowest BCUT2D eigenvalue weighted by molar-refractivity contribution is -0.230. The van der Waals surface area contributed by atoms with Crippen LogP contribution < -0.4 is 0 Å². The van der Waals surface area contributed by atoms with Crippen LogP contribution in [0.4, 0.5) is 0 Å². The van der Waals surface area contributed by atoms with Crippen molar-refractivity contribution in [2.45, 2.75) is 63.4 Å². The zero-order chi connectivity index (χ0) is 13.3. The Kier molecular flexibility index (Phi) is 2.52. The first-order valence-electron chi connectivity index (χ1n) is 7.05. The van der Waals surface area contributed by atoms with Gasteiger partial charge < -0.3 is 14.9 Å². The van der Waals surface area contributed by atoms with Gasteiger partial charge in [0.25, 0.3) is 0 Å². The number of hydrogen-bond donors (Lipinski definition) is 2. The molecule has 2 heterocycles. The molecule has 7 atom stereocenters. The topological polar surface area (TPSA) is 49.7 Å². The highest BCUT2D eigenvalue weighted by Crippen LogP contribution is 2.61. The molecule has 3 nitrogen and oxygen atoms in total. The minimum atomic E-state index is -0.728. The first-order chi connectivity index (χ1) is 8.33. The van der Waals surface area contributed by atoms with Gasteiger partial charge in [0.05, 0.1) is 17.8 Å². The highest BCUT2D eigenvalue weighted by atomic mass is 16.6. The van der Waals surface area contributed by atoms with Gasteiger partial charge in [-0.25, -0.2) is 0 Å². The zero-order valence-corrected chi connectivity index (χ0v) is 11.5. The van der Waals surface area contributed by atoms with E-state index in [1.54, 1.807) is 0 Å². The molecule has 0 amide bonds. The third kappa shape index (κ3) is 1.25. The van der Waals surface area contributed by atoms with E-state index in [9.17, 15) is 10.2 Å². The predicted octanol–water partition coefficient (Wildman–Crippen LogP) is 1.88. The van der Waals surface area contributed by atoms with Crippen LogP contribution in [0.3, 0.4) is 0 Å². The molecule has 0 radical (unpaired) electrons. The maximum Gasteiger partial charge on any atom is 0.118 e. The van der Waals surface area contributed by atoms with Crippen LogP contribution in [0.1, 0.15) is 40.0 Å². The fraction of sp³-hybridized carbons (Fsp3) is 0.867. The number of rotatable bonds is 1. The quantitative estimate of drug-likeness (QED) is 0.701. The lowest BCUT2D eigenvalue weighted by Gasteiger charge is -2.50. The van der Waals surface area contributed by atoms with Crippen molar-refractivity contribution in [3.8, 4) is 0 Å². The van der Waals surface area contributed by atoms with Crippen molar-refractivity contribution in [3.05, 3.63) is 12.2 Å². The maximum atomic E-state index is 10.8. The van der Waals surface area contributed by atoms with E-state index in [0.29, 0.717) is 12.3 Å². The van der Waals surface area contributed by atoms with E-state index < -0.39 is 23.4 Å². The largest absolute Gasteiger partial charge is 0.390 e. The molecule has 2 saturated heterocycles. The minimum Gasteiger partial charge on any atom is -0.390 e. The summed E-state index contributed by atoms with van der Waals surface area (Å²) < 4.78 is 6.22. The summed E-state index contributed by atoms with van der Waals surface area (Å²) in [5.74, 6) is 1.00. The highest BCUT2D eigenvalue weighted by Gasteiger charge is 2.68. The Balaban J connectivity index is 2.10. The summed E-state index contributed by atoms with van der Waals surface area (Å²) in [5.41, 5.74) is -0.392. The van der Waals surface area contributed by atoms with E-state index in [-0.39, 0.29) is 11.8 Å². The third-order valence-electron chi connectivity index (χ3n) is 5.92. The summed E-state index contributed by atoms with van der Waals surface area (Å²) in [5, 5.41) is 21.2. The Labute approximate surface area is 109 Å². The number of aliphatic hydroxyl groups is 2. The standard InChI is InChI=1S/C15H24O3/c1-8(2)15-7-11(16)14(4,18-15)10-6-5-9(3)12(10)13(15)17/h9-13,16-17H,1,5-7H2,2-4H3/t9-,10-,11-,12-,13-,14-,15+/m1/s1. The lowest BCUT2D eigenvalue weighted by Crippen LogP contribution is -2.59. The normalized spacial score (nSPS) is 58.6. The lowest BCUT2D eigenvalue weighted by atomic mass is 9.71. The monoisotopic (exact) mass is 252 g/mol. The predicted molar refractivity (Wildman–Crippen MR) is 69.0 cm³/mol. The Bertz CT molecular complexity index is 393. The van der Waals surface area contributed by atoms with Gasteiger partial charge in [0.1, 0.15) is 5.60 Å². The van der Waals surface area contributed by atoms with E-state index in [1.807, 2.05) is 13.8 Å². The SMILES string of the molecule is C=C(C)[C@]12C[C@@H](O)[C@](C)(O1)[C@@H]1CC[C@@H](C)[C@H]1[C@H]2O.